The lowest BCUT2D eigenvalue weighted by Gasteiger charge is -2.21. The van der Waals surface area contributed by atoms with E-state index in [1.165, 1.54) is 0 Å². The molecule has 0 aliphatic carbocycles. The zero-order valence-electron chi connectivity index (χ0n) is 10.1. The first-order valence-electron chi connectivity index (χ1n) is 5.43. The van der Waals surface area contributed by atoms with Crippen LogP contribution in [0.2, 0.25) is 0 Å². The van der Waals surface area contributed by atoms with Gasteiger partial charge in [0.25, 0.3) is 0 Å². The predicted octanol–water partition coefficient (Wildman–Crippen LogP) is 2.84. The lowest BCUT2D eigenvalue weighted by atomic mass is 10.2. The van der Waals surface area contributed by atoms with Crippen molar-refractivity contribution in [2.75, 3.05) is 13.6 Å². The third-order valence-electron chi connectivity index (χ3n) is 2.47. The highest BCUT2D eigenvalue weighted by Gasteiger charge is 2.05. The van der Waals surface area contributed by atoms with Crippen LogP contribution < -0.4 is 0 Å². The highest BCUT2D eigenvalue weighted by molar-refractivity contribution is 7.97. The van der Waals surface area contributed by atoms with Crippen LogP contribution in [0.4, 0.5) is 0 Å². The molecule has 0 spiro atoms. The van der Waals surface area contributed by atoms with E-state index >= 15 is 0 Å². The molecule has 3 heteroatoms. The molecule has 0 heterocycles. The Bertz CT molecular complexity index is 178. The van der Waals surface area contributed by atoms with Crippen LogP contribution in [0.25, 0.3) is 0 Å². The van der Waals surface area contributed by atoms with Crippen LogP contribution in [0.1, 0.15) is 40.5 Å². The lowest BCUT2D eigenvalue weighted by Crippen LogP contribution is -2.28. The van der Waals surface area contributed by atoms with E-state index in [-0.39, 0.29) is 0 Å². The highest BCUT2D eigenvalue weighted by Crippen LogP contribution is 2.04. The zero-order valence-corrected chi connectivity index (χ0v) is 11.0. The zero-order chi connectivity index (χ0) is 11.1. The van der Waals surface area contributed by atoms with Gasteiger partial charge < -0.3 is 4.90 Å². The van der Waals surface area contributed by atoms with Gasteiger partial charge in [0.1, 0.15) is 0 Å². The maximum Gasteiger partial charge on any atom is 0.0646 e. The Morgan fingerprint density at radius 2 is 1.93 bits per heavy atom. The van der Waals surface area contributed by atoms with Gasteiger partial charge in [-0.15, -0.1) is 12.6 Å². The SMILES string of the molecule is CC/C(S)=N\C(C)CCN(C)C(C)C. The molecule has 0 aliphatic rings. The molecule has 0 bridgehead atoms. The van der Waals surface area contributed by atoms with Gasteiger partial charge >= 0.3 is 0 Å². The molecule has 84 valence electrons. The van der Waals surface area contributed by atoms with E-state index in [1.54, 1.807) is 0 Å². The van der Waals surface area contributed by atoms with Gasteiger partial charge in [-0.2, -0.15) is 0 Å². The molecular formula is C11H24N2S. The Labute approximate surface area is 94.2 Å². The molecule has 0 aromatic heterocycles. The monoisotopic (exact) mass is 216 g/mol. The molecule has 0 rings (SSSR count). The van der Waals surface area contributed by atoms with E-state index in [0.717, 1.165) is 24.4 Å². The first kappa shape index (κ1) is 14.0. The summed E-state index contributed by atoms with van der Waals surface area (Å²) in [6.45, 7) is 9.76. The number of nitrogens with zero attached hydrogens (tertiary/aromatic N) is 2. The summed E-state index contributed by atoms with van der Waals surface area (Å²) in [6, 6.07) is 1.01. The van der Waals surface area contributed by atoms with Crippen molar-refractivity contribution in [2.24, 2.45) is 4.99 Å². The second-order valence-electron chi connectivity index (χ2n) is 4.11. The van der Waals surface area contributed by atoms with Crippen molar-refractivity contribution < 1.29 is 0 Å². The third-order valence-corrected chi connectivity index (χ3v) is 2.90. The standard InChI is InChI=1S/C11H24N2S/c1-6-11(14)12-10(4)7-8-13(5)9(2)3/h9-10H,6-8H2,1-5H3,(H,12,14). The quantitative estimate of drug-likeness (QED) is 0.410. The number of thiol groups is 1. The number of hydrogen-bond acceptors (Lipinski definition) is 2. The molecule has 0 aliphatic heterocycles. The van der Waals surface area contributed by atoms with E-state index in [4.69, 9.17) is 0 Å². The average molecular weight is 216 g/mol. The van der Waals surface area contributed by atoms with Crippen molar-refractivity contribution in [1.82, 2.24) is 4.90 Å². The molecule has 0 amide bonds. The minimum Gasteiger partial charge on any atom is -0.304 e. The van der Waals surface area contributed by atoms with Gasteiger partial charge in [-0.1, -0.05) is 6.92 Å². The highest BCUT2D eigenvalue weighted by atomic mass is 32.1. The summed E-state index contributed by atoms with van der Waals surface area (Å²) in [6.07, 6.45) is 2.05. The van der Waals surface area contributed by atoms with Gasteiger partial charge in [0.2, 0.25) is 0 Å². The summed E-state index contributed by atoms with van der Waals surface area (Å²) >= 11 is 4.29. The summed E-state index contributed by atoms with van der Waals surface area (Å²) in [7, 11) is 2.16. The lowest BCUT2D eigenvalue weighted by molar-refractivity contribution is 0.265. The maximum absolute atomic E-state index is 4.48. The topological polar surface area (TPSA) is 15.6 Å². The number of rotatable bonds is 6. The van der Waals surface area contributed by atoms with Gasteiger partial charge in [0.05, 0.1) is 5.04 Å². The molecule has 0 saturated carbocycles. The molecule has 2 nitrogen and oxygen atoms in total. The fourth-order valence-electron chi connectivity index (χ4n) is 1.06. The smallest absolute Gasteiger partial charge is 0.0646 e. The van der Waals surface area contributed by atoms with Crippen LogP contribution in [0, 0.1) is 0 Å². The molecule has 0 aromatic rings. The Kier molecular flexibility index (Phi) is 7.28. The van der Waals surface area contributed by atoms with Gasteiger partial charge in [-0.25, -0.2) is 0 Å². The molecule has 0 N–H and O–H groups in total. The van der Waals surface area contributed by atoms with Crippen LogP contribution in [0.5, 0.6) is 0 Å². The van der Waals surface area contributed by atoms with Gasteiger partial charge in [0, 0.05) is 18.6 Å². The van der Waals surface area contributed by atoms with Crippen LogP contribution >= 0.6 is 12.6 Å². The average Bonchev–Trinajstić information content (AvgIpc) is 2.13. The van der Waals surface area contributed by atoms with Gasteiger partial charge in [-0.3, -0.25) is 4.99 Å². The van der Waals surface area contributed by atoms with E-state index in [2.05, 4.69) is 57.3 Å². The van der Waals surface area contributed by atoms with Crippen LogP contribution in [-0.2, 0) is 0 Å². The second kappa shape index (κ2) is 7.30. The third kappa shape index (κ3) is 6.44. The summed E-state index contributed by atoms with van der Waals surface area (Å²) < 4.78 is 0. The first-order chi connectivity index (χ1) is 6.47. The Balaban J connectivity index is 3.79. The van der Waals surface area contributed by atoms with Crippen molar-refractivity contribution >= 4 is 17.7 Å². The van der Waals surface area contributed by atoms with Crippen LogP contribution in [0.3, 0.4) is 0 Å². The summed E-state index contributed by atoms with van der Waals surface area (Å²) in [5.41, 5.74) is 0. The number of aliphatic imine (C=N–C) groups is 1. The first-order valence-corrected chi connectivity index (χ1v) is 5.88. The van der Waals surface area contributed by atoms with Crippen LogP contribution in [0.15, 0.2) is 4.99 Å². The van der Waals surface area contributed by atoms with Crippen molar-refractivity contribution in [3.05, 3.63) is 0 Å². The molecule has 0 radical (unpaired) electrons. The fourth-order valence-corrected chi connectivity index (χ4v) is 1.26. The fraction of sp³-hybridized carbons (Fsp3) is 0.909. The minimum absolute atomic E-state index is 0.392. The predicted molar refractivity (Wildman–Crippen MR) is 68.6 cm³/mol. The van der Waals surface area contributed by atoms with Gasteiger partial charge in [-0.05, 0) is 40.7 Å². The van der Waals surface area contributed by atoms with Crippen molar-refractivity contribution in [1.29, 1.82) is 0 Å². The Morgan fingerprint density at radius 1 is 1.36 bits per heavy atom. The van der Waals surface area contributed by atoms with E-state index < -0.39 is 0 Å². The molecule has 14 heavy (non-hydrogen) atoms. The van der Waals surface area contributed by atoms with Crippen molar-refractivity contribution in [3.8, 4) is 0 Å². The van der Waals surface area contributed by atoms with E-state index in [0.29, 0.717) is 12.1 Å². The van der Waals surface area contributed by atoms with Crippen molar-refractivity contribution in [2.45, 2.75) is 52.6 Å². The van der Waals surface area contributed by atoms with E-state index in [1.807, 2.05) is 0 Å². The maximum atomic E-state index is 4.48. The molecule has 0 aromatic carbocycles. The Hall–Kier alpha value is -0.0200. The molecule has 1 unspecified atom stereocenters. The molecule has 0 fully saturated rings. The van der Waals surface area contributed by atoms with E-state index in [9.17, 15) is 0 Å². The Morgan fingerprint density at radius 3 is 2.36 bits per heavy atom. The molecule has 0 saturated heterocycles. The minimum atomic E-state index is 0.392. The summed E-state index contributed by atoms with van der Waals surface area (Å²) in [5, 5.41) is 0.963. The summed E-state index contributed by atoms with van der Waals surface area (Å²) in [5.74, 6) is 0. The van der Waals surface area contributed by atoms with Gasteiger partial charge in [0.15, 0.2) is 0 Å². The molecular weight excluding hydrogens is 192 g/mol. The number of hydrogen-bond donors (Lipinski definition) is 1. The van der Waals surface area contributed by atoms with Crippen LogP contribution in [-0.4, -0.2) is 35.6 Å². The molecule has 1 atom stereocenters. The second-order valence-corrected chi connectivity index (χ2v) is 4.63. The van der Waals surface area contributed by atoms with Crippen molar-refractivity contribution in [3.63, 3.8) is 0 Å². The normalized spacial score (nSPS) is 15.3. The largest absolute Gasteiger partial charge is 0.304 e. The summed E-state index contributed by atoms with van der Waals surface area (Å²) in [4.78, 5) is 6.82.